The highest BCUT2D eigenvalue weighted by atomic mass is 35.5. The van der Waals surface area contributed by atoms with Crippen LogP contribution in [-0.4, -0.2) is 28.2 Å². The van der Waals surface area contributed by atoms with Gasteiger partial charge in [-0.05, 0) is 49.2 Å². The Bertz CT molecular complexity index is 1110. The molecule has 156 valence electrons. The van der Waals surface area contributed by atoms with Gasteiger partial charge in [-0.25, -0.2) is 4.98 Å². The number of halogens is 1. The van der Waals surface area contributed by atoms with Crippen molar-refractivity contribution in [3.63, 3.8) is 0 Å². The molecule has 0 spiro atoms. The average Bonchev–Trinajstić information content (AvgIpc) is 2.76. The summed E-state index contributed by atoms with van der Waals surface area (Å²) in [4.78, 5) is 22.3. The van der Waals surface area contributed by atoms with E-state index in [1.807, 2.05) is 62.4 Å². The van der Waals surface area contributed by atoms with Crippen molar-refractivity contribution in [2.75, 3.05) is 18.7 Å². The molecule has 2 aromatic carbocycles. The van der Waals surface area contributed by atoms with E-state index in [4.69, 9.17) is 21.3 Å². The van der Waals surface area contributed by atoms with E-state index in [-0.39, 0.29) is 5.56 Å². The molecular formula is C23H25ClN4O2. The van der Waals surface area contributed by atoms with Crippen molar-refractivity contribution in [1.82, 2.24) is 14.5 Å². The van der Waals surface area contributed by atoms with Crippen LogP contribution in [0.1, 0.15) is 23.7 Å². The van der Waals surface area contributed by atoms with Crippen molar-refractivity contribution in [2.24, 2.45) is 0 Å². The van der Waals surface area contributed by atoms with E-state index in [0.717, 1.165) is 33.3 Å². The first kappa shape index (κ1) is 20.4. The Morgan fingerprint density at radius 3 is 2.50 bits per heavy atom. The first-order valence-corrected chi connectivity index (χ1v) is 10.4. The monoisotopic (exact) mass is 424 g/mol. The third-order valence-electron chi connectivity index (χ3n) is 5.46. The molecule has 0 bridgehead atoms. The van der Waals surface area contributed by atoms with Gasteiger partial charge in [-0.15, -0.1) is 0 Å². The molecule has 0 N–H and O–H groups in total. The molecule has 1 aliphatic heterocycles. The molecular weight excluding hydrogens is 400 g/mol. The number of aromatic nitrogens is 2. The van der Waals surface area contributed by atoms with Crippen molar-refractivity contribution in [3.05, 3.63) is 80.7 Å². The van der Waals surface area contributed by atoms with Crippen LogP contribution in [0.3, 0.4) is 0 Å². The minimum Gasteiger partial charge on any atom is -0.497 e. The number of hydrogen-bond acceptors (Lipinski definition) is 5. The molecule has 0 fully saturated rings. The van der Waals surface area contributed by atoms with Crippen molar-refractivity contribution in [2.45, 2.75) is 33.5 Å². The van der Waals surface area contributed by atoms with Crippen LogP contribution in [0.2, 0.25) is 5.02 Å². The second-order valence-corrected chi connectivity index (χ2v) is 7.80. The highest BCUT2D eigenvalue weighted by molar-refractivity contribution is 6.31. The van der Waals surface area contributed by atoms with Crippen LogP contribution in [0, 0.1) is 6.92 Å². The molecule has 4 rings (SSSR count). The van der Waals surface area contributed by atoms with Crippen LogP contribution in [0.25, 0.3) is 0 Å². The minimum absolute atomic E-state index is 0.0161. The molecule has 0 amide bonds. The molecule has 30 heavy (non-hydrogen) atoms. The summed E-state index contributed by atoms with van der Waals surface area (Å²) in [5.74, 6) is 1.45. The van der Waals surface area contributed by atoms with Crippen LogP contribution >= 0.6 is 11.6 Å². The van der Waals surface area contributed by atoms with Gasteiger partial charge in [0.25, 0.3) is 5.56 Å². The second kappa shape index (κ2) is 8.50. The predicted molar refractivity (Wildman–Crippen MR) is 120 cm³/mol. The first-order chi connectivity index (χ1) is 14.5. The molecule has 3 aromatic rings. The Morgan fingerprint density at radius 1 is 1.10 bits per heavy atom. The van der Waals surface area contributed by atoms with E-state index < -0.39 is 0 Å². The maximum atomic E-state index is 13.2. The van der Waals surface area contributed by atoms with E-state index in [1.165, 1.54) is 0 Å². The van der Waals surface area contributed by atoms with Crippen LogP contribution in [0.5, 0.6) is 5.75 Å². The molecule has 1 aliphatic rings. The smallest absolute Gasteiger partial charge is 0.259 e. The fourth-order valence-electron chi connectivity index (χ4n) is 3.86. The predicted octanol–water partition coefficient (Wildman–Crippen LogP) is 4.35. The first-order valence-electron chi connectivity index (χ1n) is 9.99. The Labute approximate surface area is 181 Å². The normalized spacial score (nSPS) is 13.9. The van der Waals surface area contributed by atoms with Gasteiger partial charge >= 0.3 is 0 Å². The molecule has 0 aliphatic carbocycles. The standard InChI is InChI=1S/C23H25ClN4O2/c1-4-20-16(2)25-23-27(18-9-11-19(30-3)12-10-18)14-26(15-28(23)22(20)29)13-17-7-5-6-8-21(17)24/h5-12H,4,13-15H2,1-3H3. The quantitative estimate of drug-likeness (QED) is 0.609. The number of ether oxygens (including phenoxy) is 1. The van der Waals surface area contributed by atoms with Crippen molar-refractivity contribution < 1.29 is 4.74 Å². The lowest BCUT2D eigenvalue weighted by molar-refractivity contribution is 0.190. The fourth-order valence-corrected chi connectivity index (χ4v) is 4.06. The number of benzene rings is 2. The zero-order valence-electron chi connectivity index (χ0n) is 17.4. The number of hydrogen-bond donors (Lipinski definition) is 0. The summed E-state index contributed by atoms with van der Waals surface area (Å²) in [5.41, 5.74) is 3.53. The summed E-state index contributed by atoms with van der Waals surface area (Å²) in [5, 5.41) is 0.725. The topological polar surface area (TPSA) is 50.6 Å². The minimum atomic E-state index is 0.0161. The molecule has 0 saturated carbocycles. The van der Waals surface area contributed by atoms with Gasteiger partial charge in [0.1, 0.15) is 5.75 Å². The molecule has 0 unspecified atom stereocenters. The number of anilines is 2. The Balaban J connectivity index is 1.78. The summed E-state index contributed by atoms with van der Waals surface area (Å²) in [6.07, 6.45) is 0.658. The molecule has 7 heteroatoms. The lowest BCUT2D eigenvalue weighted by Crippen LogP contribution is -2.47. The summed E-state index contributed by atoms with van der Waals surface area (Å²) in [7, 11) is 1.65. The lowest BCUT2D eigenvalue weighted by Gasteiger charge is -2.38. The number of methoxy groups -OCH3 is 1. The zero-order valence-corrected chi connectivity index (χ0v) is 18.2. The van der Waals surface area contributed by atoms with Crippen molar-refractivity contribution in [1.29, 1.82) is 0 Å². The van der Waals surface area contributed by atoms with E-state index in [9.17, 15) is 4.79 Å². The maximum Gasteiger partial charge on any atom is 0.259 e. The van der Waals surface area contributed by atoms with Gasteiger partial charge in [0.2, 0.25) is 5.95 Å². The van der Waals surface area contributed by atoms with Crippen LogP contribution in [0.4, 0.5) is 11.6 Å². The van der Waals surface area contributed by atoms with Gasteiger partial charge in [0, 0.05) is 28.5 Å². The second-order valence-electron chi connectivity index (χ2n) is 7.39. The number of aryl methyl sites for hydroxylation is 1. The van der Waals surface area contributed by atoms with E-state index in [2.05, 4.69) is 9.80 Å². The molecule has 6 nitrogen and oxygen atoms in total. The van der Waals surface area contributed by atoms with Gasteiger partial charge in [0.05, 0.1) is 20.4 Å². The van der Waals surface area contributed by atoms with Crippen molar-refractivity contribution >= 4 is 23.2 Å². The molecule has 2 heterocycles. The largest absolute Gasteiger partial charge is 0.497 e. The number of rotatable bonds is 5. The number of nitrogens with zero attached hydrogens (tertiary/aromatic N) is 4. The SMILES string of the molecule is CCc1c(C)nc2n(c1=O)CN(Cc1ccccc1Cl)CN2c1ccc(OC)cc1. The highest BCUT2D eigenvalue weighted by Crippen LogP contribution is 2.30. The fraction of sp³-hybridized carbons (Fsp3) is 0.304. The average molecular weight is 425 g/mol. The third kappa shape index (κ3) is 3.80. The van der Waals surface area contributed by atoms with Crippen LogP contribution < -0.4 is 15.2 Å². The van der Waals surface area contributed by atoms with Gasteiger partial charge in [0.15, 0.2) is 0 Å². The van der Waals surface area contributed by atoms with Gasteiger partial charge in [-0.3, -0.25) is 19.2 Å². The third-order valence-corrected chi connectivity index (χ3v) is 5.83. The van der Waals surface area contributed by atoms with Gasteiger partial charge in [-0.2, -0.15) is 0 Å². The maximum absolute atomic E-state index is 13.2. The Kier molecular flexibility index (Phi) is 5.79. The van der Waals surface area contributed by atoms with E-state index in [1.54, 1.807) is 11.7 Å². The van der Waals surface area contributed by atoms with E-state index >= 15 is 0 Å². The lowest BCUT2D eigenvalue weighted by atomic mass is 10.2. The number of fused-ring (bicyclic) bond motifs is 1. The highest BCUT2D eigenvalue weighted by Gasteiger charge is 2.28. The Morgan fingerprint density at radius 2 is 1.83 bits per heavy atom. The zero-order chi connectivity index (χ0) is 21.3. The molecule has 0 radical (unpaired) electrons. The van der Waals surface area contributed by atoms with Crippen LogP contribution in [-0.2, 0) is 19.6 Å². The van der Waals surface area contributed by atoms with Crippen molar-refractivity contribution in [3.8, 4) is 5.75 Å². The van der Waals surface area contributed by atoms with Gasteiger partial charge < -0.3 is 4.74 Å². The van der Waals surface area contributed by atoms with E-state index in [0.29, 0.717) is 32.3 Å². The summed E-state index contributed by atoms with van der Waals surface area (Å²) in [6.45, 7) is 5.59. The molecule has 0 atom stereocenters. The Hall–Kier alpha value is -2.83. The summed E-state index contributed by atoms with van der Waals surface area (Å²) >= 11 is 6.40. The van der Waals surface area contributed by atoms with Gasteiger partial charge in [-0.1, -0.05) is 36.7 Å². The van der Waals surface area contributed by atoms with Crippen LogP contribution in [0.15, 0.2) is 53.3 Å². The summed E-state index contributed by atoms with van der Waals surface area (Å²) in [6, 6.07) is 15.6. The summed E-state index contributed by atoms with van der Waals surface area (Å²) < 4.78 is 7.05. The molecule has 1 aromatic heterocycles. The molecule has 0 saturated heterocycles.